The van der Waals surface area contributed by atoms with Gasteiger partial charge in [-0.1, -0.05) is 17.3 Å². The number of benzene rings is 1. The topological polar surface area (TPSA) is 67.2 Å². The van der Waals surface area contributed by atoms with E-state index in [1.165, 1.54) is 0 Å². The molecule has 0 aliphatic heterocycles. The van der Waals surface area contributed by atoms with E-state index in [0.29, 0.717) is 5.88 Å². The van der Waals surface area contributed by atoms with Gasteiger partial charge >= 0.3 is 0 Å². The van der Waals surface area contributed by atoms with Crippen molar-refractivity contribution in [1.29, 1.82) is 0 Å². The van der Waals surface area contributed by atoms with Crippen LogP contribution in [-0.2, 0) is 4.79 Å². The Kier molecular flexibility index (Phi) is 4.19. The van der Waals surface area contributed by atoms with Crippen molar-refractivity contribution < 1.29 is 9.32 Å². The van der Waals surface area contributed by atoms with Crippen molar-refractivity contribution in [1.82, 2.24) is 5.16 Å². The number of rotatable bonds is 4. The Morgan fingerprint density at radius 1 is 1.44 bits per heavy atom. The maximum Gasteiger partial charge on any atom is 0.246 e. The van der Waals surface area contributed by atoms with Crippen molar-refractivity contribution in [2.75, 3.05) is 17.2 Å². The SMILES string of the molecule is Cc1cc(NC(=O)CNc2ccccc2I)on1. The molecule has 1 aromatic carbocycles. The van der Waals surface area contributed by atoms with Gasteiger partial charge in [0.05, 0.1) is 12.2 Å². The Morgan fingerprint density at radius 3 is 2.89 bits per heavy atom. The fraction of sp³-hybridized carbons (Fsp3) is 0.167. The molecule has 0 saturated carbocycles. The van der Waals surface area contributed by atoms with Gasteiger partial charge in [-0.05, 0) is 41.6 Å². The highest BCUT2D eigenvalue weighted by molar-refractivity contribution is 14.1. The summed E-state index contributed by atoms with van der Waals surface area (Å²) in [6, 6.07) is 9.44. The number of aromatic nitrogens is 1. The summed E-state index contributed by atoms with van der Waals surface area (Å²) in [5.41, 5.74) is 1.66. The van der Waals surface area contributed by atoms with Crippen LogP contribution in [0.1, 0.15) is 5.69 Å². The smallest absolute Gasteiger partial charge is 0.246 e. The van der Waals surface area contributed by atoms with E-state index in [4.69, 9.17) is 4.52 Å². The summed E-state index contributed by atoms with van der Waals surface area (Å²) < 4.78 is 5.97. The molecule has 1 heterocycles. The predicted octanol–water partition coefficient (Wildman–Crippen LogP) is 2.64. The fourth-order valence-electron chi connectivity index (χ4n) is 1.38. The van der Waals surface area contributed by atoms with Gasteiger partial charge in [-0.15, -0.1) is 0 Å². The number of nitrogens with one attached hydrogen (secondary N) is 2. The van der Waals surface area contributed by atoms with Crippen LogP contribution in [0.15, 0.2) is 34.9 Å². The van der Waals surface area contributed by atoms with Gasteiger partial charge < -0.3 is 9.84 Å². The minimum absolute atomic E-state index is 0.175. The number of nitrogens with zero attached hydrogens (tertiary/aromatic N) is 1. The zero-order valence-electron chi connectivity index (χ0n) is 9.74. The first-order chi connectivity index (χ1) is 8.65. The molecule has 0 atom stereocenters. The lowest BCUT2D eigenvalue weighted by molar-refractivity contribution is -0.114. The minimum atomic E-state index is -0.175. The first kappa shape index (κ1) is 12.9. The predicted molar refractivity (Wildman–Crippen MR) is 77.5 cm³/mol. The van der Waals surface area contributed by atoms with Gasteiger partial charge in [-0.3, -0.25) is 10.1 Å². The highest BCUT2D eigenvalue weighted by Crippen LogP contribution is 2.16. The number of para-hydroxylation sites is 1. The average Bonchev–Trinajstić information content (AvgIpc) is 2.74. The molecular weight excluding hydrogens is 345 g/mol. The normalized spacial score (nSPS) is 10.1. The highest BCUT2D eigenvalue weighted by Gasteiger charge is 2.06. The van der Waals surface area contributed by atoms with E-state index in [-0.39, 0.29) is 12.5 Å². The van der Waals surface area contributed by atoms with E-state index in [9.17, 15) is 4.79 Å². The molecule has 2 aromatic rings. The second-order valence-corrected chi connectivity index (χ2v) is 4.88. The molecule has 0 bridgehead atoms. The zero-order valence-corrected chi connectivity index (χ0v) is 11.9. The van der Waals surface area contributed by atoms with Crippen molar-refractivity contribution in [3.05, 3.63) is 39.6 Å². The molecular formula is C12H12IN3O2. The molecule has 0 fully saturated rings. The molecule has 2 rings (SSSR count). The quantitative estimate of drug-likeness (QED) is 0.826. The summed E-state index contributed by atoms with van der Waals surface area (Å²) in [5.74, 6) is 0.188. The van der Waals surface area contributed by atoms with Gasteiger partial charge in [0.15, 0.2) is 0 Å². The maximum atomic E-state index is 11.6. The largest absolute Gasteiger partial charge is 0.375 e. The monoisotopic (exact) mass is 357 g/mol. The molecule has 2 N–H and O–H groups in total. The highest BCUT2D eigenvalue weighted by atomic mass is 127. The number of carbonyl (C=O) groups excluding carboxylic acids is 1. The van der Waals surface area contributed by atoms with Gasteiger partial charge in [0, 0.05) is 15.3 Å². The van der Waals surface area contributed by atoms with Crippen LogP contribution < -0.4 is 10.6 Å². The summed E-state index contributed by atoms with van der Waals surface area (Å²) >= 11 is 2.21. The maximum absolute atomic E-state index is 11.6. The van der Waals surface area contributed by atoms with E-state index in [1.807, 2.05) is 24.3 Å². The van der Waals surface area contributed by atoms with Crippen LogP contribution in [0.5, 0.6) is 0 Å². The number of amides is 1. The lowest BCUT2D eigenvalue weighted by Crippen LogP contribution is -2.21. The lowest BCUT2D eigenvalue weighted by atomic mass is 10.3. The molecule has 0 unspecified atom stereocenters. The average molecular weight is 357 g/mol. The molecule has 0 spiro atoms. The third-order valence-corrected chi connectivity index (χ3v) is 3.14. The number of halogens is 1. The minimum Gasteiger partial charge on any atom is -0.375 e. The molecule has 0 aliphatic carbocycles. The van der Waals surface area contributed by atoms with Gasteiger partial charge in [-0.25, -0.2) is 0 Å². The van der Waals surface area contributed by atoms with Crippen LogP contribution in [-0.4, -0.2) is 17.6 Å². The zero-order chi connectivity index (χ0) is 13.0. The molecule has 0 aliphatic rings. The summed E-state index contributed by atoms with van der Waals surface area (Å²) in [4.78, 5) is 11.6. The second kappa shape index (κ2) is 5.85. The van der Waals surface area contributed by atoms with E-state index >= 15 is 0 Å². The third kappa shape index (κ3) is 3.46. The van der Waals surface area contributed by atoms with Crippen molar-refractivity contribution in [2.24, 2.45) is 0 Å². The van der Waals surface area contributed by atoms with Crippen LogP contribution in [0, 0.1) is 10.5 Å². The standard InChI is InChI=1S/C12H12IN3O2/c1-8-6-12(18-16-8)15-11(17)7-14-10-5-3-2-4-9(10)13/h2-6,14H,7H2,1H3,(H,15,17). The molecule has 0 saturated heterocycles. The lowest BCUT2D eigenvalue weighted by Gasteiger charge is -2.07. The second-order valence-electron chi connectivity index (χ2n) is 3.71. The van der Waals surface area contributed by atoms with Crippen molar-refractivity contribution in [3.63, 3.8) is 0 Å². The van der Waals surface area contributed by atoms with E-state index in [2.05, 4.69) is 38.4 Å². The Labute approximate surface area is 118 Å². The Bertz CT molecular complexity index is 554. The van der Waals surface area contributed by atoms with E-state index < -0.39 is 0 Å². The van der Waals surface area contributed by atoms with E-state index in [0.717, 1.165) is 15.0 Å². The van der Waals surface area contributed by atoms with Gasteiger partial charge in [0.2, 0.25) is 11.8 Å². The van der Waals surface area contributed by atoms with Gasteiger partial charge in [-0.2, -0.15) is 0 Å². The fourth-order valence-corrected chi connectivity index (χ4v) is 1.96. The first-order valence-electron chi connectivity index (χ1n) is 5.37. The van der Waals surface area contributed by atoms with Crippen molar-refractivity contribution >= 4 is 40.1 Å². The van der Waals surface area contributed by atoms with E-state index in [1.54, 1.807) is 13.0 Å². The summed E-state index contributed by atoms with van der Waals surface area (Å²) in [7, 11) is 0. The molecule has 1 aromatic heterocycles. The number of hydrogen-bond donors (Lipinski definition) is 2. The van der Waals surface area contributed by atoms with Crippen LogP contribution in [0.3, 0.4) is 0 Å². The van der Waals surface area contributed by atoms with Crippen LogP contribution >= 0.6 is 22.6 Å². The molecule has 1 amide bonds. The van der Waals surface area contributed by atoms with Crippen LogP contribution in [0.2, 0.25) is 0 Å². The number of carbonyl (C=O) groups is 1. The Hall–Kier alpha value is -1.57. The molecule has 18 heavy (non-hydrogen) atoms. The van der Waals surface area contributed by atoms with Crippen LogP contribution in [0.25, 0.3) is 0 Å². The van der Waals surface area contributed by atoms with Crippen molar-refractivity contribution in [2.45, 2.75) is 6.92 Å². The molecule has 6 heteroatoms. The molecule has 94 valence electrons. The van der Waals surface area contributed by atoms with Crippen molar-refractivity contribution in [3.8, 4) is 0 Å². The Balaban J connectivity index is 1.87. The third-order valence-electron chi connectivity index (χ3n) is 2.20. The van der Waals surface area contributed by atoms with Crippen LogP contribution in [0.4, 0.5) is 11.6 Å². The molecule has 5 nitrogen and oxygen atoms in total. The number of hydrogen-bond acceptors (Lipinski definition) is 4. The number of aryl methyl sites for hydroxylation is 1. The summed E-state index contributed by atoms with van der Waals surface area (Å²) in [5, 5.41) is 9.37. The summed E-state index contributed by atoms with van der Waals surface area (Å²) in [6.07, 6.45) is 0. The first-order valence-corrected chi connectivity index (χ1v) is 6.44. The van der Waals surface area contributed by atoms with Gasteiger partial charge in [0.25, 0.3) is 0 Å². The molecule has 0 radical (unpaired) electrons. The van der Waals surface area contributed by atoms with Gasteiger partial charge in [0.1, 0.15) is 0 Å². The number of anilines is 2. The summed E-state index contributed by atoms with van der Waals surface area (Å²) in [6.45, 7) is 1.98. The Morgan fingerprint density at radius 2 is 2.22 bits per heavy atom.